The quantitative estimate of drug-likeness (QED) is 0.526. The van der Waals surface area contributed by atoms with E-state index in [9.17, 15) is 9.18 Å². The molecule has 3 heteroatoms. The van der Waals surface area contributed by atoms with Crippen LogP contribution >= 0.6 is 0 Å². The summed E-state index contributed by atoms with van der Waals surface area (Å²) in [5.74, 6) is -0.370. The maximum Gasteiger partial charge on any atom is 0.175 e. The molecule has 0 aliphatic carbocycles. The average Bonchev–Trinajstić information content (AvgIpc) is 1.88. The number of halogens is 1. The van der Waals surface area contributed by atoms with Gasteiger partial charge in [-0.05, 0) is 24.3 Å². The molecule has 0 unspecified atom stereocenters. The van der Waals surface area contributed by atoms with Gasteiger partial charge in [0.25, 0.3) is 0 Å². The zero-order valence-electron chi connectivity index (χ0n) is 5.17. The second kappa shape index (κ2) is 2.65. The molecule has 0 aliphatic rings. The molecule has 0 fully saturated rings. The first kappa shape index (κ1) is 7.00. The topological polar surface area (TPSA) is 17.1 Å². The van der Waals surface area contributed by atoms with Gasteiger partial charge in [0, 0.05) is 5.56 Å². The standard InChI is InChI=1S/C7H4BFO/c8-7(10)5-1-3-6(9)4-2-5/h1-4H. The van der Waals surface area contributed by atoms with Crippen LogP contribution in [0.4, 0.5) is 4.39 Å². The molecule has 0 spiro atoms. The molecule has 1 nitrogen and oxygen atoms in total. The molecule has 0 amide bonds. The predicted molar refractivity (Wildman–Crippen MR) is 36.5 cm³/mol. The van der Waals surface area contributed by atoms with Crippen LogP contribution in [0.1, 0.15) is 10.4 Å². The molecule has 0 aromatic heterocycles. The SMILES string of the molecule is [B]C(=O)c1ccc(F)cc1. The summed E-state index contributed by atoms with van der Waals surface area (Å²) in [6.07, 6.45) is 0. The maximum absolute atomic E-state index is 12.2. The van der Waals surface area contributed by atoms with E-state index in [1.807, 2.05) is 0 Å². The maximum atomic E-state index is 12.2. The summed E-state index contributed by atoms with van der Waals surface area (Å²) in [7, 11) is 4.90. The van der Waals surface area contributed by atoms with E-state index in [1.165, 1.54) is 24.3 Å². The third-order valence-electron chi connectivity index (χ3n) is 1.13. The number of carbonyl (C=O) groups excluding carboxylic acids is 1. The Balaban J connectivity index is 3.00. The van der Waals surface area contributed by atoms with Crippen LogP contribution in [0, 0.1) is 5.82 Å². The number of rotatable bonds is 1. The summed E-state index contributed by atoms with van der Waals surface area (Å²) < 4.78 is 12.2. The minimum atomic E-state index is -0.542. The van der Waals surface area contributed by atoms with E-state index in [0.29, 0.717) is 5.56 Å². The summed E-state index contributed by atoms with van der Waals surface area (Å²) >= 11 is 0. The lowest BCUT2D eigenvalue weighted by Gasteiger charge is -1.92. The molecule has 10 heavy (non-hydrogen) atoms. The number of benzene rings is 1. The Labute approximate surface area is 59.3 Å². The van der Waals surface area contributed by atoms with Gasteiger partial charge in [-0.1, -0.05) is 0 Å². The van der Waals surface area contributed by atoms with Crippen LogP contribution in [-0.2, 0) is 0 Å². The molecule has 0 bridgehead atoms. The Bertz CT molecular complexity index is 242. The Kier molecular flexibility index (Phi) is 1.85. The third-order valence-corrected chi connectivity index (χ3v) is 1.13. The first-order valence-corrected chi connectivity index (χ1v) is 2.75. The van der Waals surface area contributed by atoms with Crippen molar-refractivity contribution in [3.05, 3.63) is 35.6 Å². The van der Waals surface area contributed by atoms with Crippen molar-refractivity contribution in [2.24, 2.45) is 0 Å². The van der Waals surface area contributed by atoms with Crippen LogP contribution in [0.3, 0.4) is 0 Å². The predicted octanol–water partition coefficient (Wildman–Crippen LogP) is 1.13. The number of hydrogen-bond acceptors (Lipinski definition) is 1. The van der Waals surface area contributed by atoms with Crippen LogP contribution in [0.25, 0.3) is 0 Å². The fourth-order valence-electron chi connectivity index (χ4n) is 0.614. The smallest absolute Gasteiger partial charge is 0.175 e. The highest BCUT2D eigenvalue weighted by atomic mass is 19.1. The molecule has 2 radical (unpaired) electrons. The first-order chi connectivity index (χ1) is 4.70. The van der Waals surface area contributed by atoms with Crippen LogP contribution in [0.15, 0.2) is 24.3 Å². The molecule has 0 atom stereocenters. The molecular weight excluding hydrogens is 130 g/mol. The molecule has 1 aromatic rings. The first-order valence-electron chi connectivity index (χ1n) is 2.75. The zero-order valence-corrected chi connectivity index (χ0v) is 5.17. The molecule has 0 saturated heterocycles. The minimum Gasteiger partial charge on any atom is -0.307 e. The van der Waals surface area contributed by atoms with Crippen molar-refractivity contribution in [1.29, 1.82) is 0 Å². The van der Waals surface area contributed by atoms with Gasteiger partial charge < -0.3 is 4.79 Å². The van der Waals surface area contributed by atoms with E-state index in [1.54, 1.807) is 0 Å². The molecule has 0 saturated carbocycles. The summed E-state index contributed by atoms with van der Waals surface area (Å²) in [4.78, 5) is 10.4. The molecule has 48 valence electrons. The van der Waals surface area contributed by atoms with Gasteiger partial charge in [-0.3, -0.25) is 0 Å². The number of carbonyl (C=O) groups is 1. The normalized spacial score (nSPS) is 9.30. The van der Waals surface area contributed by atoms with Gasteiger partial charge in [0.15, 0.2) is 7.85 Å². The average molecular weight is 134 g/mol. The Morgan fingerprint density at radius 2 is 1.80 bits per heavy atom. The van der Waals surface area contributed by atoms with Crippen LogP contribution in [-0.4, -0.2) is 13.5 Å². The number of hydrogen-bond donors (Lipinski definition) is 0. The monoisotopic (exact) mass is 134 g/mol. The van der Waals surface area contributed by atoms with E-state index in [-0.39, 0.29) is 5.82 Å². The van der Waals surface area contributed by atoms with Crippen LogP contribution in [0.5, 0.6) is 0 Å². The molecule has 1 rings (SSSR count). The summed E-state index contributed by atoms with van der Waals surface area (Å²) in [6.45, 7) is 0. The van der Waals surface area contributed by atoms with Crippen LogP contribution < -0.4 is 0 Å². The van der Waals surface area contributed by atoms with Crippen molar-refractivity contribution in [3.63, 3.8) is 0 Å². The third kappa shape index (κ3) is 1.44. The van der Waals surface area contributed by atoms with Gasteiger partial charge in [0.05, 0.1) is 0 Å². The van der Waals surface area contributed by atoms with Gasteiger partial charge in [0.2, 0.25) is 0 Å². The Hall–Kier alpha value is -1.12. The van der Waals surface area contributed by atoms with Crippen molar-refractivity contribution < 1.29 is 9.18 Å². The van der Waals surface area contributed by atoms with E-state index in [0.717, 1.165) is 0 Å². The van der Waals surface area contributed by atoms with E-state index in [2.05, 4.69) is 0 Å². The molecule has 0 N–H and O–H groups in total. The molecular formula is C7H4BFO. The van der Waals surface area contributed by atoms with Crippen molar-refractivity contribution in [3.8, 4) is 0 Å². The lowest BCUT2D eigenvalue weighted by molar-refractivity contribution is 0.108. The van der Waals surface area contributed by atoms with Crippen molar-refractivity contribution >= 4 is 13.5 Å². The largest absolute Gasteiger partial charge is 0.307 e. The summed E-state index contributed by atoms with van der Waals surface area (Å²) in [6, 6.07) is 5.08. The van der Waals surface area contributed by atoms with Gasteiger partial charge in [-0.15, -0.1) is 0 Å². The van der Waals surface area contributed by atoms with Gasteiger partial charge in [-0.25, -0.2) is 4.39 Å². The van der Waals surface area contributed by atoms with Crippen molar-refractivity contribution in [2.45, 2.75) is 0 Å². The lowest BCUT2D eigenvalue weighted by atomic mass is 9.95. The highest BCUT2D eigenvalue weighted by Crippen LogP contribution is 2.01. The summed E-state index contributed by atoms with van der Waals surface area (Å²) in [5, 5.41) is 0. The lowest BCUT2D eigenvalue weighted by Crippen LogP contribution is -1.96. The second-order valence-electron chi connectivity index (χ2n) is 1.87. The molecule has 0 aliphatic heterocycles. The van der Waals surface area contributed by atoms with Crippen molar-refractivity contribution in [1.82, 2.24) is 0 Å². The minimum absolute atomic E-state index is 0.321. The molecule has 1 aromatic carbocycles. The second-order valence-corrected chi connectivity index (χ2v) is 1.87. The Morgan fingerprint density at radius 1 is 1.30 bits per heavy atom. The highest BCUT2D eigenvalue weighted by Gasteiger charge is 1.96. The van der Waals surface area contributed by atoms with Crippen LogP contribution in [0.2, 0.25) is 0 Å². The fraction of sp³-hybridized carbons (Fsp3) is 0. The Morgan fingerprint density at radius 3 is 2.20 bits per heavy atom. The van der Waals surface area contributed by atoms with E-state index in [4.69, 9.17) is 7.85 Å². The van der Waals surface area contributed by atoms with E-state index >= 15 is 0 Å². The highest BCUT2D eigenvalue weighted by molar-refractivity contribution is 6.62. The zero-order chi connectivity index (χ0) is 7.56. The summed E-state index contributed by atoms with van der Waals surface area (Å²) in [5.41, 5.74) is -0.221. The fourth-order valence-corrected chi connectivity index (χ4v) is 0.614. The van der Waals surface area contributed by atoms with E-state index < -0.39 is 5.68 Å². The molecule has 0 heterocycles. The van der Waals surface area contributed by atoms with Gasteiger partial charge in [0.1, 0.15) is 11.5 Å². The van der Waals surface area contributed by atoms with Gasteiger partial charge >= 0.3 is 0 Å². The van der Waals surface area contributed by atoms with Crippen molar-refractivity contribution in [2.75, 3.05) is 0 Å². The van der Waals surface area contributed by atoms with Gasteiger partial charge in [-0.2, -0.15) is 0 Å².